The van der Waals surface area contributed by atoms with Gasteiger partial charge in [0.05, 0.1) is 0 Å². The zero-order valence-corrected chi connectivity index (χ0v) is 8.13. The highest BCUT2D eigenvalue weighted by atomic mass is 16.6. The van der Waals surface area contributed by atoms with Gasteiger partial charge < -0.3 is 4.74 Å². The van der Waals surface area contributed by atoms with Gasteiger partial charge in [-0.05, 0) is 17.9 Å². The smallest absolute Gasteiger partial charge is 0.321 e. The van der Waals surface area contributed by atoms with Gasteiger partial charge in [-0.25, -0.2) is 0 Å². The predicted molar refractivity (Wildman–Crippen MR) is 47.3 cm³/mol. The second kappa shape index (κ2) is 3.30. The van der Waals surface area contributed by atoms with Crippen molar-refractivity contribution in [3.8, 4) is 0 Å². The average molecular weight is 168 g/mol. The van der Waals surface area contributed by atoms with E-state index in [1.54, 1.807) is 0 Å². The lowest BCUT2D eigenvalue weighted by Crippen LogP contribution is -2.36. The Morgan fingerprint density at radius 2 is 1.92 bits per heavy atom. The summed E-state index contributed by atoms with van der Waals surface area (Å²) >= 11 is 0. The van der Waals surface area contributed by atoms with Crippen LogP contribution in [0.2, 0.25) is 0 Å². The van der Waals surface area contributed by atoms with Crippen LogP contribution in [0.3, 0.4) is 0 Å². The summed E-state index contributed by atoms with van der Waals surface area (Å²) in [5.41, 5.74) is 0. The Hall–Kier alpha value is -0.790. The van der Waals surface area contributed by atoms with Crippen molar-refractivity contribution in [1.82, 2.24) is 0 Å². The lowest BCUT2D eigenvalue weighted by Gasteiger charge is -2.31. The fourth-order valence-corrected chi connectivity index (χ4v) is 1.37. The van der Waals surface area contributed by atoms with Gasteiger partial charge >= 0.3 is 5.97 Å². The van der Waals surface area contributed by atoms with E-state index >= 15 is 0 Å². The van der Waals surface area contributed by atoms with E-state index in [4.69, 9.17) is 4.74 Å². The van der Waals surface area contributed by atoms with Crippen molar-refractivity contribution < 1.29 is 9.53 Å². The van der Waals surface area contributed by atoms with Crippen LogP contribution in [0.5, 0.6) is 0 Å². The molecule has 0 spiro atoms. The fourth-order valence-electron chi connectivity index (χ4n) is 1.37. The number of hydrogen-bond acceptors (Lipinski definition) is 2. The minimum atomic E-state index is -0.0723. The van der Waals surface area contributed by atoms with E-state index in [1.807, 2.05) is 19.9 Å². The third-order valence-electron chi connectivity index (χ3n) is 1.94. The van der Waals surface area contributed by atoms with Crippen molar-refractivity contribution in [2.24, 2.45) is 17.8 Å². The third kappa shape index (κ3) is 1.68. The molecule has 1 heterocycles. The number of ether oxygens (including phenoxy) is 1. The van der Waals surface area contributed by atoms with Crippen LogP contribution in [0.15, 0.2) is 11.8 Å². The van der Waals surface area contributed by atoms with Gasteiger partial charge in [0.15, 0.2) is 0 Å². The SMILES string of the molecule is CC(C)C=C1OC(=O)C1C(C)C. The summed E-state index contributed by atoms with van der Waals surface area (Å²) in [6.45, 7) is 8.24. The van der Waals surface area contributed by atoms with Gasteiger partial charge in [0.2, 0.25) is 0 Å². The monoisotopic (exact) mass is 168 g/mol. The van der Waals surface area contributed by atoms with Crippen molar-refractivity contribution in [1.29, 1.82) is 0 Å². The van der Waals surface area contributed by atoms with Crippen LogP contribution < -0.4 is 0 Å². The Morgan fingerprint density at radius 3 is 2.25 bits per heavy atom. The maximum Gasteiger partial charge on any atom is 0.321 e. The Kier molecular flexibility index (Phi) is 2.55. The second-order valence-electron chi connectivity index (χ2n) is 3.96. The van der Waals surface area contributed by atoms with Crippen molar-refractivity contribution in [2.45, 2.75) is 27.7 Å². The number of allylic oxidation sites excluding steroid dienone is 1. The number of esters is 1. The van der Waals surface area contributed by atoms with Crippen molar-refractivity contribution in [2.75, 3.05) is 0 Å². The molecule has 1 aliphatic rings. The Morgan fingerprint density at radius 1 is 1.33 bits per heavy atom. The van der Waals surface area contributed by atoms with Crippen molar-refractivity contribution in [3.63, 3.8) is 0 Å². The first kappa shape index (κ1) is 9.30. The Balaban J connectivity index is 2.66. The third-order valence-corrected chi connectivity index (χ3v) is 1.94. The maximum absolute atomic E-state index is 11.0. The fraction of sp³-hybridized carbons (Fsp3) is 0.700. The van der Waals surface area contributed by atoms with E-state index < -0.39 is 0 Å². The molecule has 0 bridgehead atoms. The topological polar surface area (TPSA) is 26.3 Å². The van der Waals surface area contributed by atoms with E-state index in [2.05, 4.69) is 13.8 Å². The van der Waals surface area contributed by atoms with Crippen LogP contribution in [0.25, 0.3) is 0 Å². The summed E-state index contributed by atoms with van der Waals surface area (Å²) in [6, 6.07) is 0. The molecule has 2 heteroatoms. The molecule has 1 fully saturated rings. The molecule has 0 aromatic rings. The van der Waals surface area contributed by atoms with E-state index in [9.17, 15) is 4.79 Å². The molecule has 1 saturated heterocycles. The van der Waals surface area contributed by atoms with E-state index in [1.165, 1.54) is 0 Å². The summed E-state index contributed by atoms with van der Waals surface area (Å²) in [7, 11) is 0. The van der Waals surface area contributed by atoms with Crippen LogP contribution in [0, 0.1) is 17.8 Å². The summed E-state index contributed by atoms with van der Waals surface area (Å²) in [5.74, 6) is 1.62. The molecule has 0 aromatic carbocycles. The average Bonchev–Trinajstić information content (AvgIpc) is 1.82. The van der Waals surface area contributed by atoms with Gasteiger partial charge in [0.1, 0.15) is 11.7 Å². The van der Waals surface area contributed by atoms with E-state index in [0.29, 0.717) is 11.8 Å². The van der Waals surface area contributed by atoms with Crippen molar-refractivity contribution in [3.05, 3.63) is 11.8 Å². The summed E-state index contributed by atoms with van der Waals surface area (Å²) in [6.07, 6.45) is 2.02. The summed E-state index contributed by atoms with van der Waals surface area (Å²) in [5, 5.41) is 0. The summed E-state index contributed by atoms with van der Waals surface area (Å²) < 4.78 is 4.95. The Labute approximate surface area is 73.6 Å². The lowest BCUT2D eigenvalue weighted by atomic mass is 9.88. The van der Waals surface area contributed by atoms with Crippen molar-refractivity contribution >= 4 is 5.97 Å². The number of hydrogen-bond donors (Lipinski definition) is 0. The van der Waals surface area contributed by atoms with Crippen LogP contribution in [0.1, 0.15) is 27.7 Å². The first-order valence-electron chi connectivity index (χ1n) is 4.45. The largest absolute Gasteiger partial charge is 0.430 e. The standard InChI is InChI=1S/C10H16O2/c1-6(2)5-8-9(7(3)4)10(11)12-8/h5-7,9H,1-4H3. The minimum absolute atomic E-state index is 0.0207. The molecule has 0 saturated carbocycles. The molecule has 0 aliphatic carbocycles. The summed E-state index contributed by atoms with van der Waals surface area (Å²) in [4.78, 5) is 11.0. The van der Waals surface area contributed by atoms with Crippen LogP contribution in [0.4, 0.5) is 0 Å². The second-order valence-corrected chi connectivity index (χ2v) is 3.96. The van der Waals surface area contributed by atoms with Crippen LogP contribution in [-0.4, -0.2) is 5.97 Å². The zero-order valence-electron chi connectivity index (χ0n) is 8.13. The molecule has 1 atom stereocenters. The molecule has 1 rings (SSSR count). The number of rotatable bonds is 2. The quantitative estimate of drug-likeness (QED) is 0.592. The highest BCUT2D eigenvalue weighted by Gasteiger charge is 2.39. The molecule has 2 nitrogen and oxygen atoms in total. The highest BCUT2D eigenvalue weighted by Crippen LogP contribution is 2.33. The molecular formula is C10H16O2. The first-order valence-corrected chi connectivity index (χ1v) is 4.45. The van der Waals surface area contributed by atoms with Gasteiger partial charge in [-0.2, -0.15) is 0 Å². The molecular weight excluding hydrogens is 152 g/mol. The van der Waals surface area contributed by atoms with Crippen LogP contribution in [-0.2, 0) is 9.53 Å². The molecule has 0 aromatic heterocycles. The molecule has 12 heavy (non-hydrogen) atoms. The maximum atomic E-state index is 11.0. The highest BCUT2D eigenvalue weighted by molar-refractivity contribution is 5.83. The van der Waals surface area contributed by atoms with Crippen LogP contribution >= 0.6 is 0 Å². The first-order chi connectivity index (χ1) is 5.52. The molecule has 0 amide bonds. The minimum Gasteiger partial charge on any atom is -0.430 e. The van der Waals surface area contributed by atoms with Gasteiger partial charge in [-0.15, -0.1) is 0 Å². The molecule has 68 valence electrons. The van der Waals surface area contributed by atoms with Gasteiger partial charge in [0.25, 0.3) is 0 Å². The lowest BCUT2D eigenvalue weighted by molar-refractivity contribution is -0.159. The molecule has 0 N–H and O–H groups in total. The number of carbonyl (C=O) groups is 1. The zero-order chi connectivity index (χ0) is 9.30. The Bertz CT molecular complexity index is 214. The molecule has 1 aliphatic heterocycles. The normalized spacial score (nSPS) is 26.3. The van der Waals surface area contributed by atoms with Gasteiger partial charge in [-0.3, -0.25) is 4.79 Å². The van der Waals surface area contributed by atoms with E-state index in [-0.39, 0.29) is 11.9 Å². The van der Waals surface area contributed by atoms with Gasteiger partial charge in [-0.1, -0.05) is 27.7 Å². The predicted octanol–water partition coefficient (Wildman–Crippen LogP) is 2.36. The van der Waals surface area contributed by atoms with E-state index in [0.717, 1.165) is 5.76 Å². The number of carbonyl (C=O) groups excluding carboxylic acids is 1. The molecule has 0 radical (unpaired) electrons. The van der Waals surface area contributed by atoms with Gasteiger partial charge in [0, 0.05) is 0 Å². The molecule has 1 unspecified atom stereocenters. The number of cyclic esters (lactones) is 1.